The lowest BCUT2D eigenvalue weighted by Gasteiger charge is -2.10. The van der Waals surface area contributed by atoms with Crippen molar-refractivity contribution in [3.05, 3.63) is 12.2 Å². The van der Waals surface area contributed by atoms with Crippen molar-refractivity contribution in [3.63, 3.8) is 0 Å². The molecule has 0 bridgehead atoms. The van der Waals surface area contributed by atoms with Crippen LogP contribution in [0, 0.1) is 0 Å². The van der Waals surface area contributed by atoms with Crippen LogP contribution in [0.4, 0.5) is 0 Å². The Bertz CT molecular complexity index is 403. The summed E-state index contributed by atoms with van der Waals surface area (Å²) in [5, 5.41) is 2.28. The van der Waals surface area contributed by atoms with E-state index in [9.17, 15) is 19.2 Å². The first-order chi connectivity index (χ1) is 9.36. The van der Waals surface area contributed by atoms with E-state index in [1.54, 1.807) is 21.0 Å². The van der Waals surface area contributed by atoms with E-state index >= 15 is 0 Å². The molecular formula is C12H18N2O6. The zero-order valence-corrected chi connectivity index (χ0v) is 11.7. The molecule has 0 radical (unpaired) electrons. The van der Waals surface area contributed by atoms with Gasteiger partial charge in [-0.05, 0) is 6.92 Å². The second-order valence-electron chi connectivity index (χ2n) is 3.76. The van der Waals surface area contributed by atoms with Crippen molar-refractivity contribution in [2.75, 3.05) is 33.9 Å². The maximum absolute atomic E-state index is 11.2. The van der Waals surface area contributed by atoms with E-state index in [0.717, 1.165) is 12.2 Å². The summed E-state index contributed by atoms with van der Waals surface area (Å²) in [5.41, 5.74) is 0. The van der Waals surface area contributed by atoms with Gasteiger partial charge in [0.2, 0.25) is 5.91 Å². The van der Waals surface area contributed by atoms with Crippen LogP contribution in [0.25, 0.3) is 0 Å². The smallest absolute Gasteiger partial charge is 0.331 e. The number of esters is 2. The predicted molar refractivity (Wildman–Crippen MR) is 68.4 cm³/mol. The minimum Gasteiger partial charge on any atom is -0.463 e. The normalized spacial score (nSPS) is 9.95. The third-order valence-corrected chi connectivity index (χ3v) is 1.92. The van der Waals surface area contributed by atoms with Crippen LogP contribution in [0.3, 0.4) is 0 Å². The van der Waals surface area contributed by atoms with Crippen molar-refractivity contribution in [1.29, 1.82) is 0 Å². The van der Waals surface area contributed by atoms with Crippen LogP contribution in [-0.2, 0) is 28.7 Å². The van der Waals surface area contributed by atoms with Crippen LogP contribution in [0.1, 0.15) is 6.92 Å². The molecule has 0 aliphatic rings. The van der Waals surface area contributed by atoms with E-state index in [2.05, 4.69) is 14.8 Å². The number of ether oxygens (including phenoxy) is 2. The lowest BCUT2D eigenvalue weighted by molar-refractivity contribution is -0.144. The summed E-state index contributed by atoms with van der Waals surface area (Å²) in [6.45, 7) is 1.11. The molecule has 112 valence electrons. The number of nitrogens with zero attached hydrogens (tertiary/aromatic N) is 1. The molecule has 0 aliphatic heterocycles. The van der Waals surface area contributed by atoms with Crippen molar-refractivity contribution >= 4 is 23.8 Å². The van der Waals surface area contributed by atoms with E-state index in [0.29, 0.717) is 0 Å². The summed E-state index contributed by atoms with van der Waals surface area (Å²) in [6.07, 6.45) is 1.76. The van der Waals surface area contributed by atoms with Gasteiger partial charge in [0.15, 0.2) is 6.61 Å². The first kappa shape index (κ1) is 17.6. The maximum atomic E-state index is 11.2. The van der Waals surface area contributed by atoms with Gasteiger partial charge in [0.25, 0.3) is 5.91 Å². The standard InChI is InChI=1S/C12H18N2O6/c1-4-19-11(17)5-6-12(18)20-8-9(15)13-7-10(16)14(2)3/h5-6H,4,7-8H2,1-3H3,(H,13,15)/b6-5+. The molecule has 0 spiro atoms. The van der Waals surface area contributed by atoms with Crippen LogP contribution in [-0.4, -0.2) is 62.5 Å². The number of carbonyl (C=O) groups excluding carboxylic acids is 4. The van der Waals surface area contributed by atoms with Gasteiger partial charge in [-0.2, -0.15) is 0 Å². The number of amides is 2. The monoisotopic (exact) mass is 286 g/mol. The van der Waals surface area contributed by atoms with Crippen molar-refractivity contribution in [1.82, 2.24) is 10.2 Å². The topological polar surface area (TPSA) is 102 Å². The van der Waals surface area contributed by atoms with Crippen molar-refractivity contribution in [2.24, 2.45) is 0 Å². The minimum absolute atomic E-state index is 0.179. The lowest BCUT2D eigenvalue weighted by atomic mass is 10.5. The van der Waals surface area contributed by atoms with Crippen LogP contribution in [0.5, 0.6) is 0 Å². The molecule has 0 fully saturated rings. The highest BCUT2D eigenvalue weighted by atomic mass is 16.5. The van der Waals surface area contributed by atoms with E-state index in [1.165, 1.54) is 4.90 Å². The number of hydrogen-bond acceptors (Lipinski definition) is 6. The number of hydrogen-bond donors (Lipinski definition) is 1. The fourth-order valence-corrected chi connectivity index (χ4v) is 0.895. The number of likely N-dealkylation sites (N-methyl/N-ethyl adjacent to an activating group) is 1. The van der Waals surface area contributed by atoms with E-state index in [1.807, 2.05) is 0 Å². The van der Waals surface area contributed by atoms with E-state index < -0.39 is 24.5 Å². The molecule has 0 atom stereocenters. The molecule has 0 heterocycles. The second kappa shape index (κ2) is 9.54. The fraction of sp³-hybridized carbons (Fsp3) is 0.500. The van der Waals surface area contributed by atoms with Crippen LogP contribution >= 0.6 is 0 Å². The SMILES string of the molecule is CCOC(=O)/C=C/C(=O)OCC(=O)NCC(=O)N(C)C. The number of rotatable bonds is 7. The highest BCUT2D eigenvalue weighted by molar-refractivity contribution is 5.93. The van der Waals surface area contributed by atoms with E-state index in [4.69, 9.17) is 0 Å². The van der Waals surface area contributed by atoms with Gasteiger partial charge in [-0.1, -0.05) is 0 Å². The highest BCUT2D eigenvalue weighted by Gasteiger charge is 2.09. The maximum Gasteiger partial charge on any atom is 0.331 e. The summed E-state index contributed by atoms with van der Waals surface area (Å²) in [5.74, 6) is -2.43. The molecule has 8 heteroatoms. The molecule has 0 saturated heterocycles. The number of carbonyl (C=O) groups is 4. The summed E-state index contributed by atoms with van der Waals surface area (Å²) in [7, 11) is 3.10. The van der Waals surface area contributed by atoms with Crippen LogP contribution < -0.4 is 5.32 Å². The summed E-state index contributed by atoms with van der Waals surface area (Å²) in [6, 6.07) is 0. The Kier molecular flexibility index (Phi) is 8.40. The van der Waals surface area contributed by atoms with Gasteiger partial charge in [-0.25, -0.2) is 9.59 Å². The molecule has 0 saturated carbocycles. The molecule has 20 heavy (non-hydrogen) atoms. The zero-order valence-electron chi connectivity index (χ0n) is 11.7. The highest BCUT2D eigenvalue weighted by Crippen LogP contribution is 1.86. The summed E-state index contributed by atoms with van der Waals surface area (Å²) >= 11 is 0. The van der Waals surface area contributed by atoms with Gasteiger partial charge in [0.05, 0.1) is 13.2 Å². The molecule has 1 N–H and O–H groups in total. The Morgan fingerprint density at radius 2 is 1.60 bits per heavy atom. The Labute approximate surface area is 116 Å². The van der Waals surface area contributed by atoms with Crippen molar-refractivity contribution < 1.29 is 28.7 Å². The predicted octanol–water partition coefficient (Wildman–Crippen LogP) is -1.15. The Balaban J connectivity index is 3.92. The first-order valence-electron chi connectivity index (χ1n) is 5.85. The Morgan fingerprint density at radius 3 is 2.10 bits per heavy atom. The van der Waals surface area contributed by atoms with Crippen molar-refractivity contribution in [3.8, 4) is 0 Å². The first-order valence-corrected chi connectivity index (χ1v) is 5.85. The van der Waals surface area contributed by atoms with Gasteiger partial charge < -0.3 is 19.7 Å². The summed E-state index contributed by atoms with van der Waals surface area (Å²) < 4.78 is 9.10. The molecular weight excluding hydrogens is 268 g/mol. The van der Waals surface area contributed by atoms with E-state index in [-0.39, 0.29) is 19.1 Å². The van der Waals surface area contributed by atoms with Gasteiger partial charge in [0.1, 0.15) is 0 Å². The molecule has 0 unspecified atom stereocenters. The molecule has 2 amide bonds. The third kappa shape index (κ3) is 8.67. The molecule has 0 aromatic rings. The zero-order chi connectivity index (χ0) is 15.5. The Hall–Kier alpha value is -2.38. The Morgan fingerprint density at radius 1 is 1.05 bits per heavy atom. The van der Waals surface area contributed by atoms with Gasteiger partial charge in [-0.3, -0.25) is 9.59 Å². The molecule has 0 aliphatic carbocycles. The number of nitrogens with one attached hydrogen (secondary N) is 1. The molecule has 0 rings (SSSR count). The lowest BCUT2D eigenvalue weighted by Crippen LogP contribution is -2.38. The molecule has 0 aromatic heterocycles. The average Bonchev–Trinajstić information content (AvgIpc) is 2.40. The molecule has 8 nitrogen and oxygen atoms in total. The summed E-state index contributed by atoms with van der Waals surface area (Å²) in [4.78, 5) is 45.7. The van der Waals surface area contributed by atoms with Gasteiger partial charge in [-0.15, -0.1) is 0 Å². The quantitative estimate of drug-likeness (QED) is 0.468. The minimum atomic E-state index is -0.855. The largest absolute Gasteiger partial charge is 0.463 e. The fourth-order valence-electron chi connectivity index (χ4n) is 0.895. The van der Waals surface area contributed by atoms with Crippen LogP contribution in [0.2, 0.25) is 0 Å². The van der Waals surface area contributed by atoms with Crippen LogP contribution in [0.15, 0.2) is 12.2 Å². The average molecular weight is 286 g/mol. The van der Waals surface area contributed by atoms with Gasteiger partial charge >= 0.3 is 11.9 Å². The third-order valence-electron chi connectivity index (χ3n) is 1.92. The second-order valence-corrected chi connectivity index (χ2v) is 3.76. The van der Waals surface area contributed by atoms with Gasteiger partial charge in [0, 0.05) is 26.2 Å². The molecule has 0 aromatic carbocycles. The van der Waals surface area contributed by atoms with Crippen molar-refractivity contribution in [2.45, 2.75) is 6.92 Å².